The van der Waals surface area contributed by atoms with Crippen LogP contribution in [0, 0.1) is 23.7 Å². The van der Waals surface area contributed by atoms with Gasteiger partial charge in [-0.1, -0.05) is 18.8 Å². The van der Waals surface area contributed by atoms with E-state index in [1.54, 1.807) is 37.5 Å². The third-order valence-electron chi connectivity index (χ3n) is 7.08. The molecule has 0 unspecified atom stereocenters. The third-order valence-corrected chi connectivity index (χ3v) is 9.10. The highest BCUT2D eigenvalue weighted by molar-refractivity contribution is 7.89. The van der Waals surface area contributed by atoms with E-state index >= 15 is 0 Å². The number of aliphatic hydroxyl groups excluding tert-OH is 1. The molecule has 4 rings (SSSR count). The van der Waals surface area contributed by atoms with Gasteiger partial charge in [0.25, 0.3) is 0 Å². The molecule has 1 saturated heterocycles. The molecule has 2 aliphatic rings. The van der Waals surface area contributed by atoms with Crippen LogP contribution in [0.3, 0.4) is 0 Å². The van der Waals surface area contributed by atoms with Crippen molar-refractivity contribution in [3.63, 3.8) is 0 Å². The van der Waals surface area contributed by atoms with Gasteiger partial charge in [0.2, 0.25) is 10.0 Å². The molecule has 9 heteroatoms. The van der Waals surface area contributed by atoms with Crippen molar-refractivity contribution in [2.24, 2.45) is 11.8 Å². The number of ether oxygens (including phenoxy) is 2. The molecule has 0 spiro atoms. The maximum Gasteiger partial charge on any atom is 0.247 e. The summed E-state index contributed by atoms with van der Waals surface area (Å²) in [5.74, 6) is 6.95. The average Bonchev–Trinajstić information content (AvgIpc) is 2.90. The van der Waals surface area contributed by atoms with E-state index in [1.165, 1.54) is 4.31 Å². The van der Waals surface area contributed by atoms with Crippen molar-refractivity contribution >= 4 is 10.0 Å². The molecule has 1 aromatic heterocycles. The Bertz CT molecular complexity index is 1210. The molecule has 1 N–H and O–H groups in total. The molecular weight excluding hydrogens is 490 g/mol. The van der Waals surface area contributed by atoms with Gasteiger partial charge in [-0.2, -0.15) is 4.31 Å². The highest BCUT2D eigenvalue weighted by atomic mass is 32.2. The van der Waals surface area contributed by atoms with Crippen LogP contribution in [0.5, 0.6) is 5.75 Å². The van der Waals surface area contributed by atoms with E-state index in [0.29, 0.717) is 23.8 Å². The Kier molecular flexibility index (Phi) is 9.22. The molecule has 2 aromatic rings. The van der Waals surface area contributed by atoms with E-state index in [-0.39, 0.29) is 30.1 Å². The van der Waals surface area contributed by atoms with Crippen molar-refractivity contribution in [2.45, 2.75) is 43.7 Å². The molecule has 2 aliphatic heterocycles. The maximum atomic E-state index is 13.7. The lowest BCUT2D eigenvalue weighted by molar-refractivity contribution is 0.0402. The molecule has 37 heavy (non-hydrogen) atoms. The van der Waals surface area contributed by atoms with Crippen LogP contribution in [0.4, 0.5) is 0 Å². The summed E-state index contributed by atoms with van der Waals surface area (Å²) in [7, 11) is -1.79. The van der Waals surface area contributed by atoms with Gasteiger partial charge in [0.1, 0.15) is 16.7 Å². The Morgan fingerprint density at radius 1 is 1.19 bits per heavy atom. The van der Waals surface area contributed by atoms with E-state index in [2.05, 4.69) is 28.8 Å². The smallest absolute Gasteiger partial charge is 0.247 e. The number of hydrogen-bond donors (Lipinski definition) is 1. The summed E-state index contributed by atoms with van der Waals surface area (Å²) in [5, 5.41) is 9.85. The number of aliphatic hydroxyl groups is 1. The third kappa shape index (κ3) is 6.89. The molecule has 0 bridgehead atoms. The number of aromatic nitrogens is 1. The molecule has 3 heterocycles. The first-order valence-electron chi connectivity index (χ1n) is 12.9. The quantitative estimate of drug-likeness (QED) is 0.578. The number of fused-ring (bicyclic) bond motifs is 1. The lowest BCUT2D eigenvalue weighted by Gasteiger charge is -2.38. The fourth-order valence-electron chi connectivity index (χ4n) is 4.85. The monoisotopic (exact) mass is 527 g/mol. The molecule has 0 radical (unpaired) electrons. The zero-order valence-corrected chi connectivity index (χ0v) is 22.7. The molecule has 0 aliphatic carbocycles. The van der Waals surface area contributed by atoms with Gasteiger partial charge < -0.3 is 19.5 Å². The van der Waals surface area contributed by atoms with E-state index in [0.717, 1.165) is 38.2 Å². The SMILES string of the molecule is C[C@H]1CN([C@@H](C)CO)S(=O)(=O)c2ccc(C#Cc3cccnc3)cc2O[C@@H]1CN(C)CC1CCOCC1. The summed E-state index contributed by atoms with van der Waals surface area (Å²) in [4.78, 5) is 6.46. The zero-order valence-electron chi connectivity index (χ0n) is 21.8. The zero-order chi connectivity index (χ0) is 26.4. The van der Waals surface area contributed by atoms with Gasteiger partial charge in [-0.3, -0.25) is 4.98 Å². The molecule has 0 saturated carbocycles. The number of pyridine rings is 1. The lowest BCUT2D eigenvalue weighted by Crippen LogP contribution is -2.50. The van der Waals surface area contributed by atoms with Crippen LogP contribution in [-0.4, -0.2) is 86.4 Å². The van der Waals surface area contributed by atoms with Gasteiger partial charge in [-0.25, -0.2) is 8.42 Å². The number of nitrogens with zero attached hydrogens (tertiary/aromatic N) is 3. The van der Waals surface area contributed by atoms with Crippen molar-refractivity contribution < 1.29 is 23.0 Å². The van der Waals surface area contributed by atoms with Crippen LogP contribution < -0.4 is 4.74 Å². The van der Waals surface area contributed by atoms with Crippen LogP contribution in [0.2, 0.25) is 0 Å². The highest BCUT2D eigenvalue weighted by Crippen LogP contribution is 2.34. The van der Waals surface area contributed by atoms with Crippen molar-refractivity contribution in [1.29, 1.82) is 0 Å². The highest BCUT2D eigenvalue weighted by Gasteiger charge is 2.38. The van der Waals surface area contributed by atoms with Crippen LogP contribution in [0.1, 0.15) is 37.8 Å². The lowest BCUT2D eigenvalue weighted by atomic mass is 9.98. The summed E-state index contributed by atoms with van der Waals surface area (Å²) in [6.07, 6.45) is 5.23. The topological polar surface area (TPSA) is 92.2 Å². The fourth-order valence-corrected chi connectivity index (χ4v) is 6.68. The van der Waals surface area contributed by atoms with E-state index in [1.807, 2.05) is 19.1 Å². The summed E-state index contributed by atoms with van der Waals surface area (Å²) in [6, 6.07) is 8.11. The number of rotatable bonds is 6. The number of hydrogen-bond acceptors (Lipinski definition) is 7. The van der Waals surface area contributed by atoms with Crippen LogP contribution in [0.15, 0.2) is 47.6 Å². The first kappa shape index (κ1) is 27.6. The van der Waals surface area contributed by atoms with E-state index < -0.39 is 16.1 Å². The summed E-state index contributed by atoms with van der Waals surface area (Å²) in [6.45, 7) is 6.95. The molecule has 200 valence electrons. The minimum atomic E-state index is -3.88. The Morgan fingerprint density at radius 2 is 1.95 bits per heavy atom. The van der Waals surface area contributed by atoms with Gasteiger partial charge in [0, 0.05) is 68.3 Å². The normalized spacial score (nSPS) is 23.2. The summed E-state index contributed by atoms with van der Waals surface area (Å²) in [5.41, 5.74) is 1.43. The first-order chi connectivity index (χ1) is 17.8. The minimum Gasteiger partial charge on any atom is -0.487 e. The Hall–Kier alpha value is -2.48. The number of sulfonamides is 1. The number of likely N-dealkylation sites (N-methyl/N-ethyl adjacent to an activating group) is 1. The van der Waals surface area contributed by atoms with Gasteiger partial charge >= 0.3 is 0 Å². The molecule has 1 fully saturated rings. The predicted molar refractivity (Wildman–Crippen MR) is 142 cm³/mol. The van der Waals surface area contributed by atoms with Crippen LogP contribution >= 0.6 is 0 Å². The van der Waals surface area contributed by atoms with Crippen molar-refractivity contribution in [1.82, 2.24) is 14.2 Å². The average molecular weight is 528 g/mol. The van der Waals surface area contributed by atoms with Gasteiger partial charge in [0.15, 0.2) is 0 Å². The van der Waals surface area contributed by atoms with E-state index in [4.69, 9.17) is 9.47 Å². The minimum absolute atomic E-state index is 0.0980. The largest absolute Gasteiger partial charge is 0.487 e. The van der Waals surface area contributed by atoms with Crippen LogP contribution in [-0.2, 0) is 14.8 Å². The molecular formula is C28H37N3O5S. The van der Waals surface area contributed by atoms with Gasteiger partial charge in [-0.05, 0) is 63.1 Å². The molecule has 1 aromatic carbocycles. The molecule has 3 atom stereocenters. The summed E-state index contributed by atoms with van der Waals surface area (Å²) < 4.78 is 40.7. The molecule has 8 nitrogen and oxygen atoms in total. The van der Waals surface area contributed by atoms with Crippen molar-refractivity contribution in [3.8, 4) is 17.6 Å². The van der Waals surface area contributed by atoms with Gasteiger partial charge in [0.05, 0.1) is 6.61 Å². The number of benzene rings is 1. The first-order valence-corrected chi connectivity index (χ1v) is 14.3. The second kappa shape index (κ2) is 12.4. The van der Waals surface area contributed by atoms with Crippen LogP contribution in [0.25, 0.3) is 0 Å². The second-order valence-electron chi connectivity index (χ2n) is 10.2. The van der Waals surface area contributed by atoms with Crippen molar-refractivity contribution in [3.05, 3.63) is 53.9 Å². The fraction of sp³-hybridized carbons (Fsp3) is 0.536. The molecule has 0 amide bonds. The Balaban J connectivity index is 1.65. The van der Waals surface area contributed by atoms with E-state index in [9.17, 15) is 13.5 Å². The van der Waals surface area contributed by atoms with Crippen molar-refractivity contribution in [2.75, 3.05) is 46.5 Å². The van der Waals surface area contributed by atoms with Gasteiger partial charge in [-0.15, -0.1) is 0 Å². The Morgan fingerprint density at radius 3 is 2.65 bits per heavy atom. The maximum absolute atomic E-state index is 13.7. The Labute approximate surface area is 220 Å². The second-order valence-corrected chi connectivity index (χ2v) is 12.0. The summed E-state index contributed by atoms with van der Waals surface area (Å²) >= 11 is 0. The standard InChI is InChI=1S/C28H37N3O5S/c1-21-17-31(22(2)20-32)37(33,34)28-9-8-23(6-7-24-5-4-12-29-16-24)15-26(28)36-27(21)19-30(3)18-25-10-13-35-14-11-25/h4-5,8-9,12,15-16,21-22,25,27,32H,10-11,13-14,17-20H2,1-3H3/t21-,22-,27+/m0/s1. The predicted octanol–water partition coefficient (Wildman–Crippen LogP) is 2.61.